The van der Waals surface area contributed by atoms with E-state index in [0.717, 1.165) is 27.7 Å². The number of hydrogen-bond donors (Lipinski definition) is 2. The maximum Gasteiger partial charge on any atom is 0.153 e. The van der Waals surface area contributed by atoms with Gasteiger partial charge in [0.15, 0.2) is 5.82 Å². The van der Waals surface area contributed by atoms with E-state index in [1.807, 2.05) is 37.3 Å². The first-order valence-corrected chi connectivity index (χ1v) is 9.27. The first-order chi connectivity index (χ1) is 13.2. The van der Waals surface area contributed by atoms with Crippen molar-refractivity contribution in [3.05, 3.63) is 84.3 Å². The zero-order chi connectivity index (χ0) is 18.6. The Balaban J connectivity index is 1.53. The molecular weight excluding hydrogens is 359 g/mol. The van der Waals surface area contributed by atoms with Crippen LogP contribution in [0.1, 0.15) is 5.69 Å². The minimum atomic E-state index is -0.260. The normalized spacial score (nSPS) is 10.7. The second-order valence-electron chi connectivity index (χ2n) is 6.04. The number of pyridine rings is 1. The van der Waals surface area contributed by atoms with E-state index in [4.69, 9.17) is 0 Å². The number of aryl methyl sites for hydroxylation is 1. The molecule has 0 bridgehead atoms. The Morgan fingerprint density at radius 2 is 1.67 bits per heavy atom. The highest BCUT2D eigenvalue weighted by Crippen LogP contribution is 2.30. The van der Waals surface area contributed by atoms with Crippen molar-refractivity contribution in [3.63, 3.8) is 0 Å². The summed E-state index contributed by atoms with van der Waals surface area (Å²) >= 11 is 1.69. The van der Waals surface area contributed by atoms with Gasteiger partial charge in [-0.1, -0.05) is 30.0 Å². The molecule has 6 heteroatoms. The van der Waals surface area contributed by atoms with Gasteiger partial charge in [-0.05, 0) is 61.0 Å². The van der Waals surface area contributed by atoms with Crippen molar-refractivity contribution in [1.82, 2.24) is 15.2 Å². The highest BCUT2D eigenvalue weighted by molar-refractivity contribution is 7.99. The van der Waals surface area contributed by atoms with Crippen LogP contribution in [0.25, 0.3) is 11.3 Å². The molecule has 27 heavy (non-hydrogen) atoms. The molecule has 2 aromatic heterocycles. The predicted octanol–water partition coefficient (Wildman–Crippen LogP) is 5.81. The lowest BCUT2D eigenvalue weighted by atomic mass is 10.1. The molecule has 4 rings (SSSR count). The molecule has 0 radical (unpaired) electrons. The lowest BCUT2D eigenvalue weighted by molar-refractivity contribution is 0.628. The summed E-state index contributed by atoms with van der Waals surface area (Å²) in [6.45, 7) is 1.97. The van der Waals surface area contributed by atoms with Crippen LogP contribution >= 0.6 is 11.8 Å². The largest absolute Gasteiger partial charge is 0.323 e. The van der Waals surface area contributed by atoms with Crippen LogP contribution in [0, 0.1) is 12.7 Å². The summed E-state index contributed by atoms with van der Waals surface area (Å²) in [4.78, 5) is 6.81. The molecule has 0 unspecified atom stereocenters. The quantitative estimate of drug-likeness (QED) is 0.461. The second kappa shape index (κ2) is 7.63. The van der Waals surface area contributed by atoms with Gasteiger partial charge in [0.05, 0.1) is 5.69 Å². The van der Waals surface area contributed by atoms with Gasteiger partial charge in [-0.25, -0.2) is 9.37 Å². The van der Waals surface area contributed by atoms with E-state index in [-0.39, 0.29) is 5.82 Å². The fraction of sp³-hybridized carbons (Fsp3) is 0.0476. The summed E-state index contributed by atoms with van der Waals surface area (Å²) in [6.07, 6.45) is 0. The van der Waals surface area contributed by atoms with E-state index in [9.17, 15) is 4.39 Å². The summed E-state index contributed by atoms with van der Waals surface area (Å²) in [6, 6.07) is 22.4. The molecule has 2 aromatic carbocycles. The molecule has 0 fully saturated rings. The number of benzene rings is 2. The van der Waals surface area contributed by atoms with Gasteiger partial charge in [0, 0.05) is 21.6 Å². The Morgan fingerprint density at radius 1 is 0.889 bits per heavy atom. The average molecular weight is 376 g/mol. The van der Waals surface area contributed by atoms with Gasteiger partial charge < -0.3 is 5.32 Å². The highest BCUT2D eigenvalue weighted by Gasteiger charge is 2.07. The molecule has 0 spiro atoms. The van der Waals surface area contributed by atoms with Crippen LogP contribution in [0.5, 0.6) is 0 Å². The molecule has 2 heterocycles. The summed E-state index contributed by atoms with van der Waals surface area (Å²) in [7, 11) is 0. The lowest BCUT2D eigenvalue weighted by Crippen LogP contribution is -1.95. The average Bonchev–Trinajstić information content (AvgIpc) is 3.11. The summed E-state index contributed by atoms with van der Waals surface area (Å²) in [5.41, 5.74) is 2.60. The lowest BCUT2D eigenvalue weighted by Gasteiger charge is -2.07. The van der Waals surface area contributed by atoms with Crippen LogP contribution in [0.4, 0.5) is 16.0 Å². The topological polar surface area (TPSA) is 53.6 Å². The molecule has 0 aliphatic carbocycles. The number of aromatic nitrogens is 3. The molecule has 0 aliphatic rings. The standard InChI is InChI=1S/C21H17FN4S/c1-14-11-18(27-17-5-3-2-4-6-17)12-20(23-14)24-21-13-19(25-26-21)15-7-9-16(22)10-8-15/h2-13H,1H3,(H2,23,24,25,26). The number of rotatable bonds is 5. The van der Waals surface area contributed by atoms with Gasteiger partial charge in [0.2, 0.25) is 0 Å². The van der Waals surface area contributed by atoms with Crippen molar-refractivity contribution in [2.45, 2.75) is 16.7 Å². The Kier molecular flexibility index (Phi) is 4.89. The maximum atomic E-state index is 13.1. The van der Waals surface area contributed by atoms with Crippen molar-refractivity contribution < 1.29 is 4.39 Å². The van der Waals surface area contributed by atoms with Crippen molar-refractivity contribution in [2.75, 3.05) is 5.32 Å². The summed E-state index contributed by atoms with van der Waals surface area (Å²) in [5.74, 6) is 1.12. The first kappa shape index (κ1) is 17.3. The van der Waals surface area contributed by atoms with Gasteiger partial charge in [-0.2, -0.15) is 5.10 Å². The molecular formula is C21H17FN4S. The van der Waals surface area contributed by atoms with Crippen LogP contribution in [-0.2, 0) is 0 Å². The third-order valence-electron chi connectivity index (χ3n) is 3.90. The number of nitrogens with one attached hydrogen (secondary N) is 2. The Morgan fingerprint density at radius 3 is 2.44 bits per heavy atom. The number of aromatic amines is 1. The number of H-pyrrole nitrogens is 1. The van der Waals surface area contributed by atoms with E-state index in [1.165, 1.54) is 17.0 Å². The monoisotopic (exact) mass is 376 g/mol. The van der Waals surface area contributed by atoms with E-state index < -0.39 is 0 Å². The van der Waals surface area contributed by atoms with E-state index in [1.54, 1.807) is 23.9 Å². The third kappa shape index (κ3) is 4.35. The highest BCUT2D eigenvalue weighted by atomic mass is 32.2. The predicted molar refractivity (Wildman–Crippen MR) is 107 cm³/mol. The van der Waals surface area contributed by atoms with Crippen molar-refractivity contribution in [3.8, 4) is 11.3 Å². The van der Waals surface area contributed by atoms with Gasteiger partial charge in [-0.3, -0.25) is 5.10 Å². The molecule has 0 aliphatic heterocycles. The number of hydrogen-bond acceptors (Lipinski definition) is 4. The number of halogens is 1. The molecule has 4 aromatic rings. The first-order valence-electron chi connectivity index (χ1n) is 8.46. The zero-order valence-electron chi connectivity index (χ0n) is 14.6. The Hall–Kier alpha value is -3.12. The minimum absolute atomic E-state index is 0.260. The molecule has 4 nitrogen and oxygen atoms in total. The Bertz CT molecular complexity index is 1050. The molecule has 0 saturated heterocycles. The number of anilines is 2. The van der Waals surface area contributed by atoms with Crippen molar-refractivity contribution in [2.24, 2.45) is 0 Å². The van der Waals surface area contributed by atoms with Crippen LogP contribution in [0.2, 0.25) is 0 Å². The number of nitrogens with zero attached hydrogens (tertiary/aromatic N) is 2. The summed E-state index contributed by atoms with van der Waals surface area (Å²) < 4.78 is 13.1. The molecule has 2 N–H and O–H groups in total. The minimum Gasteiger partial charge on any atom is -0.323 e. The molecule has 0 atom stereocenters. The van der Waals surface area contributed by atoms with Crippen molar-refractivity contribution >= 4 is 23.4 Å². The van der Waals surface area contributed by atoms with Crippen LogP contribution < -0.4 is 5.32 Å². The SMILES string of the molecule is Cc1cc(Sc2ccccc2)cc(Nc2cc(-c3ccc(F)cc3)[nH]n2)n1. The third-order valence-corrected chi connectivity index (χ3v) is 4.87. The summed E-state index contributed by atoms with van der Waals surface area (Å²) in [5, 5.41) is 10.5. The Labute approximate surface area is 160 Å². The molecule has 134 valence electrons. The van der Waals surface area contributed by atoms with Crippen LogP contribution in [0.3, 0.4) is 0 Å². The van der Waals surface area contributed by atoms with Gasteiger partial charge in [0.1, 0.15) is 11.6 Å². The smallest absolute Gasteiger partial charge is 0.153 e. The fourth-order valence-electron chi connectivity index (χ4n) is 2.68. The van der Waals surface area contributed by atoms with Gasteiger partial charge in [0.25, 0.3) is 0 Å². The molecule has 0 saturated carbocycles. The molecule has 0 amide bonds. The van der Waals surface area contributed by atoms with Crippen molar-refractivity contribution in [1.29, 1.82) is 0 Å². The van der Waals surface area contributed by atoms with Crippen LogP contribution in [0.15, 0.2) is 82.6 Å². The second-order valence-corrected chi connectivity index (χ2v) is 7.19. The van der Waals surface area contributed by atoms with E-state index >= 15 is 0 Å². The zero-order valence-corrected chi connectivity index (χ0v) is 15.4. The fourth-order valence-corrected chi connectivity index (χ4v) is 3.64. The van der Waals surface area contributed by atoms with Gasteiger partial charge in [-0.15, -0.1) is 0 Å². The van der Waals surface area contributed by atoms with E-state index in [2.05, 4.69) is 38.7 Å². The maximum absolute atomic E-state index is 13.1. The van der Waals surface area contributed by atoms with Gasteiger partial charge >= 0.3 is 0 Å². The van der Waals surface area contributed by atoms with E-state index in [0.29, 0.717) is 5.82 Å². The van der Waals surface area contributed by atoms with Crippen LogP contribution in [-0.4, -0.2) is 15.2 Å².